The zero-order valence-electron chi connectivity index (χ0n) is 13.3. The molecule has 0 unspecified atom stereocenters. The Morgan fingerprint density at radius 3 is 1.96 bits per heavy atom. The Balaban J connectivity index is 1.76. The summed E-state index contributed by atoms with van der Waals surface area (Å²) in [6.07, 6.45) is 0.557. The van der Waals surface area contributed by atoms with Gasteiger partial charge in [-0.15, -0.1) is 0 Å². The van der Waals surface area contributed by atoms with E-state index in [1.807, 2.05) is 78.9 Å². The molecule has 1 atom stereocenters. The third-order valence-electron chi connectivity index (χ3n) is 3.64. The topological polar surface area (TPSA) is 38.3 Å². The van der Waals surface area contributed by atoms with Gasteiger partial charge in [0.15, 0.2) is 0 Å². The average Bonchev–Trinajstić information content (AvgIpc) is 2.64. The molecule has 3 heteroatoms. The molecule has 3 nitrogen and oxygen atoms in total. The quantitative estimate of drug-likeness (QED) is 0.544. The molecule has 3 rings (SSSR count). The number of benzene rings is 3. The predicted molar refractivity (Wildman–Crippen MR) is 96.1 cm³/mol. The number of hydrogen-bond acceptors (Lipinski definition) is 3. The minimum absolute atomic E-state index is 0.297. The van der Waals surface area contributed by atoms with Gasteiger partial charge in [0, 0.05) is 12.1 Å². The second-order valence-corrected chi connectivity index (χ2v) is 5.49. The summed E-state index contributed by atoms with van der Waals surface area (Å²) in [5, 5.41) is 3.27. The monoisotopic (exact) mass is 317 g/mol. The fourth-order valence-electron chi connectivity index (χ4n) is 2.45. The van der Waals surface area contributed by atoms with Crippen molar-refractivity contribution in [3.63, 3.8) is 0 Å². The van der Waals surface area contributed by atoms with Gasteiger partial charge in [-0.2, -0.15) is 0 Å². The lowest BCUT2D eigenvalue weighted by molar-refractivity contribution is -0.135. The first-order valence-corrected chi connectivity index (χ1v) is 7.93. The molecule has 120 valence electrons. The number of ether oxygens (including phenoxy) is 1. The van der Waals surface area contributed by atoms with Crippen molar-refractivity contribution < 1.29 is 9.53 Å². The molecule has 3 aromatic rings. The number of carbonyl (C=O) groups excluding carboxylic acids is 1. The summed E-state index contributed by atoms with van der Waals surface area (Å²) in [6.45, 7) is 0. The second kappa shape index (κ2) is 7.97. The minimum Gasteiger partial charge on any atom is -0.425 e. The average molecular weight is 317 g/mol. The minimum atomic E-state index is -0.463. The number of esters is 1. The Bertz CT molecular complexity index is 716. The first-order chi connectivity index (χ1) is 11.8. The number of para-hydroxylation sites is 2. The highest BCUT2D eigenvalue weighted by atomic mass is 16.5. The van der Waals surface area contributed by atoms with Gasteiger partial charge in [0.1, 0.15) is 11.8 Å². The van der Waals surface area contributed by atoms with Crippen LogP contribution < -0.4 is 10.1 Å². The molecule has 0 fully saturated rings. The second-order valence-electron chi connectivity index (χ2n) is 5.49. The molecule has 0 aromatic heterocycles. The fraction of sp³-hybridized carbons (Fsp3) is 0.0952. The van der Waals surface area contributed by atoms with Crippen LogP contribution in [0.4, 0.5) is 5.69 Å². The lowest BCUT2D eigenvalue weighted by atomic mass is 10.1. The molecule has 0 heterocycles. The largest absolute Gasteiger partial charge is 0.425 e. The van der Waals surface area contributed by atoms with Gasteiger partial charge in [-0.25, -0.2) is 4.79 Å². The molecule has 0 aliphatic carbocycles. The summed E-state index contributed by atoms with van der Waals surface area (Å²) in [5.74, 6) is 0.254. The van der Waals surface area contributed by atoms with Crippen LogP contribution in [0.3, 0.4) is 0 Å². The Morgan fingerprint density at radius 2 is 1.33 bits per heavy atom. The molecule has 0 spiro atoms. The highest BCUT2D eigenvalue weighted by Gasteiger charge is 2.21. The molecule has 0 aliphatic rings. The van der Waals surface area contributed by atoms with Crippen LogP contribution in [0, 0.1) is 0 Å². The van der Waals surface area contributed by atoms with Gasteiger partial charge in [0.2, 0.25) is 0 Å². The molecule has 3 aromatic carbocycles. The Hall–Kier alpha value is -3.07. The van der Waals surface area contributed by atoms with Gasteiger partial charge in [-0.3, -0.25) is 0 Å². The van der Waals surface area contributed by atoms with E-state index in [9.17, 15) is 4.79 Å². The van der Waals surface area contributed by atoms with Crippen molar-refractivity contribution in [3.05, 3.63) is 96.6 Å². The third-order valence-corrected chi connectivity index (χ3v) is 3.64. The van der Waals surface area contributed by atoms with Crippen LogP contribution in [0.25, 0.3) is 0 Å². The molecular weight excluding hydrogens is 298 g/mol. The van der Waals surface area contributed by atoms with Crippen LogP contribution in [-0.2, 0) is 11.2 Å². The fourth-order valence-corrected chi connectivity index (χ4v) is 2.45. The Labute approximate surface area is 141 Å². The highest BCUT2D eigenvalue weighted by Crippen LogP contribution is 2.15. The zero-order valence-corrected chi connectivity index (χ0v) is 13.3. The van der Waals surface area contributed by atoms with E-state index >= 15 is 0 Å². The molecular formula is C21H19NO2. The molecule has 0 bridgehead atoms. The maximum atomic E-state index is 12.6. The molecule has 0 saturated carbocycles. The molecule has 0 radical (unpaired) electrons. The summed E-state index contributed by atoms with van der Waals surface area (Å²) < 4.78 is 5.52. The third kappa shape index (κ3) is 4.46. The van der Waals surface area contributed by atoms with Crippen molar-refractivity contribution in [1.29, 1.82) is 0 Å². The van der Waals surface area contributed by atoms with E-state index < -0.39 is 6.04 Å². The van der Waals surface area contributed by atoms with E-state index in [2.05, 4.69) is 5.32 Å². The number of anilines is 1. The number of carbonyl (C=O) groups is 1. The summed E-state index contributed by atoms with van der Waals surface area (Å²) >= 11 is 0. The molecule has 0 amide bonds. The van der Waals surface area contributed by atoms with Gasteiger partial charge >= 0.3 is 5.97 Å². The van der Waals surface area contributed by atoms with Crippen molar-refractivity contribution in [2.75, 3.05) is 5.32 Å². The highest BCUT2D eigenvalue weighted by molar-refractivity contribution is 5.81. The van der Waals surface area contributed by atoms with Crippen LogP contribution in [0.15, 0.2) is 91.0 Å². The van der Waals surface area contributed by atoms with E-state index in [1.54, 1.807) is 12.1 Å². The summed E-state index contributed by atoms with van der Waals surface area (Å²) in [6, 6.07) is 28.3. The molecule has 1 N–H and O–H groups in total. The first kappa shape index (κ1) is 15.8. The molecule has 24 heavy (non-hydrogen) atoms. The van der Waals surface area contributed by atoms with Crippen LogP contribution in [-0.4, -0.2) is 12.0 Å². The van der Waals surface area contributed by atoms with E-state index in [4.69, 9.17) is 4.74 Å². The number of rotatable bonds is 6. The Kier molecular flexibility index (Phi) is 5.25. The molecule has 0 saturated heterocycles. The maximum Gasteiger partial charge on any atom is 0.334 e. The van der Waals surface area contributed by atoms with Gasteiger partial charge < -0.3 is 10.1 Å². The smallest absolute Gasteiger partial charge is 0.334 e. The lowest BCUT2D eigenvalue weighted by Crippen LogP contribution is -2.35. The van der Waals surface area contributed by atoms with E-state index in [0.717, 1.165) is 11.3 Å². The van der Waals surface area contributed by atoms with Gasteiger partial charge in [0.05, 0.1) is 0 Å². The van der Waals surface area contributed by atoms with E-state index in [-0.39, 0.29) is 5.97 Å². The molecule has 0 aliphatic heterocycles. The predicted octanol–water partition coefficient (Wildman–Crippen LogP) is 4.32. The zero-order chi connectivity index (χ0) is 16.6. The van der Waals surface area contributed by atoms with Crippen molar-refractivity contribution in [2.45, 2.75) is 12.5 Å². The van der Waals surface area contributed by atoms with Crippen molar-refractivity contribution in [3.8, 4) is 5.75 Å². The van der Waals surface area contributed by atoms with Crippen LogP contribution in [0.2, 0.25) is 0 Å². The maximum absolute atomic E-state index is 12.6. The van der Waals surface area contributed by atoms with E-state index in [1.165, 1.54) is 0 Å². The van der Waals surface area contributed by atoms with Crippen LogP contribution in [0.5, 0.6) is 5.75 Å². The number of hydrogen-bond donors (Lipinski definition) is 1. The first-order valence-electron chi connectivity index (χ1n) is 7.93. The summed E-state index contributed by atoms with van der Waals surface area (Å²) in [7, 11) is 0. The SMILES string of the molecule is O=C(Oc1ccccc1)[C@H](Cc1ccccc1)Nc1ccccc1. The standard InChI is InChI=1S/C21H19NO2/c23-21(24-19-14-8-3-9-15-19)20(16-17-10-4-1-5-11-17)22-18-12-6-2-7-13-18/h1-15,20,22H,16H2/t20-/m0/s1. The van der Waals surface area contributed by atoms with Crippen LogP contribution in [0.1, 0.15) is 5.56 Å². The Morgan fingerprint density at radius 1 is 0.792 bits per heavy atom. The number of nitrogens with one attached hydrogen (secondary N) is 1. The van der Waals surface area contributed by atoms with Gasteiger partial charge in [-0.1, -0.05) is 66.7 Å². The van der Waals surface area contributed by atoms with E-state index in [0.29, 0.717) is 12.2 Å². The summed E-state index contributed by atoms with van der Waals surface area (Å²) in [5.41, 5.74) is 1.97. The van der Waals surface area contributed by atoms with Gasteiger partial charge in [0.25, 0.3) is 0 Å². The van der Waals surface area contributed by atoms with Crippen molar-refractivity contribution >= 4 is 11.7 Å². The van der Waals surface area contributed by atoms with Crippen LogP contribution >= 0.6 is 0 Å². The van der Waals surface area contributed by atoms with Crippen molar-refractivity contribution in [2.24, 2.45) is 0 Å². The normalized spacial score (nSPS) is 11.5. The summed E-state index contributed by atoms with van der Waals surface area (Å²) in [4.78, 5) is 12.6. The van der Waals surface area contributed by atoms with Crippen molar-refractivity contribution in [1.82, 2.24) is 0 Å². The lowest BCUT2D eigenvalue weighted by Gasteiger charge is -2.19. The van der Waals surface area contributed by atoms with Gasteiger partial charge in [-0.05, 0) is 29.8 Å².